The summed E-state index contributed by atoms with van der Waals surface area (Å²) in [7, 11) is 1.72. The molecule has 1 aliphatic rings. The van der Waals surface area contributed by atoms with E-state index in [1.54, 1.807) is 7.11 Å². The van der Waals surface area contributed by atoms with Crippen molar-refractivity contribution >= 4 is 16.7 Å². The van der Waals surface area contributed by atoms with Gasteiger partial charge in [0.05, 0.1) is 19.0 Å². The first-order chi connectivity index (χ1) is 14.3. The molecule has 1 aromatic carbocycles. The van der Waals surface area contributed by atoms with Gasteiger partial charge in [0.15, 0.2) is 0 Å². The molecule has 2 N–H and O–H groups in total. The largest absolute Gasteiger partial charge is 0.496 e. The van der Waals surface area contributed by atoms with Gasteiger partial charge in [0, 0.05) is 42.6 Å². The number of rotatable bonds is 3. The van der Waals surface area contributed by atoms with Gasteiger partial charge in [-0.15, -0.1) is 0 Å². The predicted molar refractivity (Wildman–Crippen MR) is 113 cm³/mol. The van der Waals surface area contributed by atoms with Crippen molar-refractivity contribution in [2.45, 2.75) is 13.1 Å². The number of pyridine rings is 2. The Morgan fingerprint density at radius 2 is 1.90 bits per heavy atom. The molecule has 0 amide bonds. The Morgan fingerprint density at radius 3 is 2.79 bits per heavy atom. The van der Waals surface area contributed by atoms with E-state index in [4.69, 9.17) is 4.74 Å². The number of aromatic amines is 1. The van der Waals surface area contributed by atoms with Gasteiger partial charge in [-0.25, -0.2) is 9.97 Å². The molecule has 6 heteroatoms. The van der Waals surface area contributed by atoms with Crippen LogP contribution in [0.1, 0.15) is 11.1 Å². The first-order valence-corrected chi connectivity index (χ1v) is 9.62. The van der Waals surface area contributed by atoms with E-state index in [9.17, 15) is 0 Å². The molecule has 0 spiro atoms. The predicted octanol–water partition coefficient (Wildman–Crippen LogP) is 4.16. The van der Waals surface area contributed by atoms with E-state index in [1.807, 2.05) is 18.6 Å². The fourth-order valence-electron chi connectivity index (χ4n) is 4.25. The summed E-state index contributed by atoms with van der Waals surface area (Å²) in [5.41, 5.74) is 8.74. The van der Waals surface area contributed by atoms with Crippen LogP contribution in [0.15, 0.2) is 61.2 Å². The molecule has 0 unspecified atom stereocenters. The zero-order chi connectivity index (χ0) is 19.4. The third kappa shape index (κ3) is 2.46. The first kappa shape index (κ1) is 16.3. The summed E-state index contributed by atoms with van der Waals surface area (Å²) in [5, 5.41) is 4.51. The summed E-state index contributed by atoms with van der Waals surface area (Å²) in [4.78, 5) is 12.2. The standard InChI is InChI=1S/C23H19N5O/c1-29-21-9-16-11-24-10-15(16)8-19(21)20-12-27-22-3-2-14(13-28(20)22)17-4-6-25-23-18(17)5-7-26-23/h2-9,12-13,24H,10-11H2,1H3,(H,25,26). The number of hydrogen-bond acceptors (Lipinski definition) is 4. The molecule has 0 saturated carbocycles. The number of nitrogens with one attached hydrogen (secondary N) is 2. The molecule has 0 atom stereocenters. The number of nitrogens with zero attached hydrogens (tertiary/aromatic N) is 3. The normalized spacial score (nSPS) is 13.3. The number of ether oxygens (including phenoxy) is 1. The van der Waals surface area contributed by atoms with Crippen molar-refractivity contribution in [1.82, 2.24) is 24.7 Å². The molecule has 0 bridgehead atoms. The van der Waals surface area contributed by atoms with E-state index in [1.165, 1.54) is 11.1 Å². The van der Waals surface area contributed by atoms with Crippen molar-refractivity contribution in [2.24, 2.45) is 0 Å². The fourth-order valence-corrected chi connectivity index (χ4v) is 4.25. The number of imidazole rings is 1. The lowest BCUT2D eigenvalue weighted by atomic mass is 10.0. The van der Waals surface area contributed by atoms with Crippen LogP contribution in [0, 0.1) is 0 Å². The monoisotopic (exact) mass is 381 g/mol. The Bertz CT molecular complexity index is 1380. The highest BCUT2D eigenvalue weighted by Crippen LogP contribution is 2.36. The average Bonchev–Trinajstić information content (AvgIpc) is 3.50. The molecular formula is C23H19N5O. The van der Waals surface area contributed by atoms with Gasteiger partial charge in [-0.1, -0.05) is 0 Å². The van der Waals surface area contributed by atoms with Crippen molar-refractivity contribution in [3.05, 3.63) is 72.3 Å². The second kappa shape index (κ2) is 6.18. The lowest BCUT2D eigenvalue weighted by Gasteiger charge is -2.12. The lowest BCUT2D eigenvalue weighted by Crippen LogP contribution is -1.99. The van der Waals surface area contributed by atoms with Crippen LogP contribution in [-0.2, 0) is 13.1 Å². The van der Waals surface area contributed by atoms with Gasteiger partial charge >= 0.3 is 0 Å². The van der Waals surface area contributed by atoms with Crippen molar-refractivity contribution in [3.8, 4) is 28.1 Å². The highest BCUT2D eigenvalue weighted by atomic mass is 16.5. The van der Waals surface area contributed by atoms with E-state index in [0.717, 1.165) is 57.9 Å². The molecule has 142 valence electrons. The summed E-state index contributed by atoms with van der Waals surface area (Å²) in [5.74, 6) is 0.872. The van der Waals surface area contributed by atoms with Crippen LogP contribution in [0.25, 0.3) is 39.1 Å². The van der Waals surface area contributed by atoms with Crippen LogP contribution in [0.3, 0.4) is 0 Å². The van der Waals surface area contributed by atoms with Crippen molar-refractivity contribution in [2.75, 3.05) is 7.11 Å². The average molecular weight is 381 g/mol. The summed E-state index contributed by atoms with van der Waals surface area (Å²) < 4.78 is 7.86. The number of methoxy groups -OCH3 is 1. The molecule has 4 aromatic heterocycles. The van der Waals surface area contributed by atoms with Crippen molar-refractivity contribution in [3.63, 3.8) is 0 Å². The van der Waals surface area contributed by atoms with Crippen LogP contribution in [-0.4, -0.2) is 26.5 Å². The highest BCUT2D eigenvalue weighted by molar-refractivity contribution is 5.93. The second-order valence-electron chi connectivity index (χ2n) is 7.31. The quantitative estimate of drug-likeness (QED) is 0.493. The number of benzene rings is 1. The summed E-state index contributed by atoms with van der Waals surface area (Å²) in [6, 6.07) is 12.6. The zero-order valence-electron chi connectivity index (χ0n) is 15.9. The molecule has 0 aliphatic carbocycles. The van der Waals surface area contributed by atoms with Crippen LogP contribution in [0.4, 0.5) is 0 Å². The molecule has 6 nitrogen and oxygen atoms in total. The molecule has 0 fully saturated rings. The topological polar surface area (TPSA) is 67.2 Å². The smallest absolute Gasteiger partial charge is 0.137 e. The Labute approximate surface area is 167 Å². The number of H-pyrrole nitrogens is 1. The zero-order valence-corrected chi connectivity index (χ0v) is 15.9. The summed E-state index contributed by atoms with van der Waals surface area (Å²) in [6.45, 7) is 1.77. The molecule has 5 heterocycles. The highest BCUT2D eigenvalue weighted by Gasteiger charge is 2.18. The van der Waals surface area contributed by atoms with E-state index in [-0.39, 0.29) is 0 Å². The van der Waals surface area contributed by atoms with Crippen LogP contribution in [0.2, 0.25) is 0 Å². The van der Waals surface area contributed by atoms with E-state index in [0.29, 0.717) is 0 Å². The minimum absolute atomic E-state index is 0.872. The summed E-state index contributed by atoms with van der Waals surface area (Å²) in [6.07, 6.45) is 7.82. The first-order valence-electron chi connectivity index (χ1n) is 9.62. The van der Waals surface area contributed by atoms with Crippen LogP contribution >= 0.6 is 0 Å². The molecule has 6 rings (SSSR count). The van der Waals surface area contributed by atoms with Gasteiger partial charge in [0.25, 0.3) is 0 Å². The molecule has 29 heavy (non-hydrogen) atoms. The number of aromatic nitrogens is 4. The van der Waals surface area contributed by atoms with Gasteiger partial charge < -0.3 is 15.0 Å². The fraction of sp³-hybridized carbons (Fsp3) is 0.130. The summed E-state index contributed by atoms with van der Waals surface area (Å²) >= 11 is 0. The van der Waals surface area contributed by atoms with Crippen LogP contribution < -0.4 is 10.1 Å². The van der Waals surface area contributed by atoms with E-state index >= 15 is 0 Å². The third-order valence-corrected chi connectivity index (χ3v) is 5.71. The van der Waals surface area contributed by atoms with Crippen LogP contribution in [0.5, 0.6) is 5.75 Å². The van der Waals surface area contributed by atoms with Gasteiger partial charge in [-0.05, 0) is 58.7 Å². The SMILES string of the molecule is COc1cc2c(cc1-c1cnc3ccc(-c4ccnc5[nH]ccc45)cn13)CNC2. The Balaban J connectivity index is 1.57. The van der Waals surface area contributed by atoms with Gasteiger partial charge in [0.1, 0.15) is 17.0 Å². The molecule has 0 saturated heterocycles. The van der Waals surface area contributed by atoms with Gasteiger partial charge in [-0.3, -0.25) is 4.40 Å². The maximum absolute atomic E-state index is 5.72. The van der Waals surface area contributed by atoms with Crippen molar-refractivity contribution < 1.29 is 4.74 Å². The molecule has 5 aromatic rings. The maximum Gasteiger partial charge on any atom is 0.137 e. The molecule has 0 radical (unpaired) electrons. The van der Waals surface area contributed by atoms with Crippen molar-refractivity contribution in [1.29, 1.82) is 0 Å². The molecule has 1 aliphatic heterocycles. The Morgan fingerprint density at radius 1 is 1.00 bits per heavy atom. The minimum atomic E-state index is 0.872. The second-order valence-corrected chi connectivity index (χ2v) is 7.31. The number of hydrogen-bond donors (Lipinski definition) is 2. The molecular weight excluding hydrogens is 362 g/mol. The number of fused-ring (bicyclic) bond motifs is 3. The Kier molecular flexibility index (Phi) is 3.48. The minimum Gasteiger partial charge on any atom is -0.496 e. The Hall–Kier alpha value is -3.64. The lowest BCUT2D eigenvalue weighted by molar-refractivity contribution is 0.416. The van der Waals surface area contributed by atoms with Gasteiger partial charge in [-0.2, -0.15) is 0 Å². The van der Waals surface area contributed by atoms with E-state index in [2.05, 4.69) is 67.3 Å². The maximum atomic E-state index is 5.72. The van der Waals surface area contributed by atoms with Gasteiger partial charge in [0.2, 0.25) is 0 Å². The van der Waals surface area contributed by atoms with E-state index < -0.39 is 0 Å². The third-order valence-electron chi connectivity index (χ3n) is 5.71.